The summed E-state index contributed by atoms with van der Waals surface area (Å²) < 4.78 is 0. The molecular formula is C12H23N7O. The van der Waals surface area contributed by atoms with Gasteiger partial charge in [-0.25, -0.2) is 5.84 Å². The molecule has 0 aromatic carbocycles. The van der Waals surface area contributed by atoms with Crippen molar-refractivity contribution >= 4 is 17.8 Å². The Morgan fingerprint density at radius 1 is 1.35 bits per heavy atom. The van der Waals surface area contributed by atoms with Crippen molar-refractivity contribution in [3.05, 3.63) is 0 Å². The number of nitrogen functional groups attached to an aromatic ring is 1. The largest absolute Gasteiger partial charge is 0.396 e. The van der Waals surface area contributed by atoms with E-state index in [9.17, 15) is 5.11 Å². The van der Waals surface area contributed by atoms with Crippen LogP contribution in [0.1, 0.15) is 25.7 Å². The minimum absolute atomic E-state index is 0.175. The van der Waals surface area contributed by atoms with Gasteiger partial charge < -0.3 is 14.9 Å². The van der Waals surface area contributed by atoms with Gasteiger partial charge in [0.15, 0.2) is 0 Å². The molecule has 1 aliphatic rings. The fraction of sp³-hybridized carbons (Fsp3) is 0.750. The Kier molecular flexibility index (Phi) is 4.91. The van der Waals surface area contributed by atoms with E-state index in [1.54, 1.807) is 0 Å². The molecule has 8 nitrogen and oxygen atoms in total. The monoisotopic (exact) mass is 281 g/mol. The quantitative estimate of drug-likeness (QED) is 0.510. The lowest BCUT2D eigenvalue weighted by atomic mass is 10.0. The van der Waals surface area contributed by atoms with Gasteiger partial charge in [-0.05, 0) is 25.7 Å². The summed E-state index contributed by atoms with van der Waals surface area (Å²) in [4.78, 5) is 17.0. The zero-order valence-corrected chi connectivity index (χ0v) is 12.1. The summed E-state index contributed by atoms with van der Waals surface area (Å²) in [6.45, 7) is 1.07. The van der Waals surface area contributed by atoms with E-state index >= 15 is 0 Å². The highest BCUT2D eigenvalue weighted by molar-refractivity contribution is 5.45. The number of nitrogens with zero attached hydrogens (tertiary/aromatic N) is 5. The van der Waals surface area contributed by atoms with Crippen LogP contribution in [-0.2, 0) is 0 Å². The molecular weight excluding hydrogens is 258 g/mol. The highest BCUT2D eigenvalue weighted by Gasteiger charge is 2.25. The zero-order chi connectivity index (χ0) is 14.5. The number of aliphatic hydroxyl groups excluding tert-OH is 1. The maximum absolute atomic E-state index is 9.21. The molecule has 112 valence electrons. The molecule has 0 bridgehead atoms. The number of hydrogen-bond donors (Lipinski definition) is 3. The van der Waals surface area contributed by atoms with E-state index in [2.05, 4.69) is 25.3 Å². The maximum Gasteiger partial charge on any atom is 0.243 e. The third-order valence-corrected chi connectivity index (χ3v) is 3.49. The van der Waals surface area contributed by atoms with Crippen LogP contribution in [0.4, 0.5) is 17.8 Å². The minimum Gasteiger partial charge on any atom is -0.396 e. The Labute approximate surface area is 119 Å². The summed E-state index contributed by atoms with van der Waals surface area (Å²) in [6, 6.07) is 0.275. The van der Waals surface area contributed by atoms with E-state index in [-0.39, 0.29) is 12.6 Å². The standard InChI is InChI=1S/C12H23N7O/c1-18(2)11-14-10(17-13)15-12(16-11)19-7-4-3-5-9(19)6-8-20/h9,20H,3-8,13H2,1-2H3,(H,14,15,16,17). The van der Waals surface area contributed by atoms with Crippen LogP contribution in [0, 0.1) is 0 Å². The highest BCUT2D eigenvalue weighted by atomic mass is 16.3. The number of rotatable bonds is 5. The van der Waals surface area contributed by atoms with Gasteiger partial charge in [-0.2, -0.15) is 15.0 Å². The van der Waals surface area contributed by atoms with Crippen LogP contribution < -0.4 is 21.1 Å². The molecule has 0 aliphatic carbocycles. The summed E-state index contributed by atoms with van der Waals surface area (Å²) in [6.07, 6.45) is 4.06. The molecule has 1 aromatic rings. The Morgan fingerprint density at radius 2 is 2.15 bits per heavy atom. The summed E-state index contributed by atoms with van der Waals surface area (Å²) >= 11 is 0. The first kappa shape index (κ1) is 14.7. The third kappa shape index (κ3) is 3.26. The van der Waals surface area contributed by atoms with Crippen molar-refractivity contribution in [1.82, 2.24) is 15.0 Å². The number of hydrazine groups is 1. The predicted molar refractivity (Wildman–Crippen MR) is 78.7 cm³/mol. The highest BCUT2D eigenvalue weighted by Crippen LogP contribution is 2.25. The maximum atomic E-state index is 9.21. The number of aliphatic hydroxyl groups is 1. The summed E-state index contributed by atoms with van der Waals surface area (Å²) in [5, 5.41) is 9.21. The van der Waals surface area contributed by atoms with Crippen molar-refractivity contribution in [3.63, 3.8) is 0 Å². The fourth-order valence-corrected chi connectivity index (χ4v) is 2.46. The van der Waals surface area contributed by atoms with Gasteiger partial charge in [0.2, 0.25) is 17.8 Å². The van der Waals surface area contributed by atoms with E-state index in [0.29, 0.717) is 17.8 Å². The van der Waals surface area contributed by atoms with Crippen molar-refractivity contribution < 1.29 is 5.11 Å². The number of hydrogen-bond acceptors (Lipinski definition) is 8. The molecule has 1 aliphatic heterocycles. The molecule has 2 rings (SSSR count). The Hall–Kier alpha value is -1.67. The third-order valence-electron chi connectivity index (χ3n) is 3.49. The van der Waals surface area contributed by atoms with Crippen LogP contribution in [0.15, 0.2) is 0 Å². The van der Waals surface area contributed by atoms with Crippen LogP contribution >= 0.6 is 0 Å². The van der Waals surface area contributed by atoms with Gasteiger partial charge in [-0.1, -0.05) is 0 Å². The molecule has 8 heteroatoms. The lowest BCUT2D eigenvalue weighted by Gasteiger charge is -2.35. The topological polar surface area (TPSA) is 103 Å². The molecule has 1 atom stereocenters. The van der Waals surface area contributed by atoms with Crippen molar-refractivity contribution in [2.24, 2.45) is 5.84 Å². The van der Waals surface area contributed by atoms with Gasteiger partial charge in [0.05, 0.1) is 0 Å². The predicted octanol–water partition coefficient (Wildman–Crippen LogP) is -0.0355. The second kappa shape index (κ2) is 6.67. The Morgan fingerprint density at radius 3 is 2.80 bits per heavy atom. The molecule has 0 amide bonds. The molecule has 4 N–H and O–H groups in total. The van der Waals surface area contributed by atoms with Gasteiger partial charge in [0.1, 0.15) is 0 Å². The first-order chi connectivity index (χ1) is 9.65. The molecule has 1 fully saturated rings. The van der Waals surface area contributed by atoms with Crippen molar-refractivity contribution in [2.75, 3.05) is 42.5 Å². The first-order valence-corrected chi connectivity index (χ1v) is 6.93. The molecule has 0 spiro atoms. The van der Waals surface area contributed by atoms with Crippen molar-refractivity contribution in [2.45, 2.75) is 31.7 Å². The Bertz CT molecular complexity index is 438. The van der Waals surface area contributed by atoms with E-state index in [4.69, 9.17) is 5.84 Å². The van der Waals surface area contributed by atoms with Crippen LogP contribution in [0.2, 0.25) is 0 Å². The smallest absolute Gasteiger partial charge is 0.243 e. The van der Waals surface area contributed by atoms with Crippen LogP contribution in [0.25, 0.3) is 0 Å². The number of nitrogens with one attached hydrogen (secondary N) is 1. The van der Waals surface area contributed by atoms with E-state index < -0.39 is 0 Å². The SMILES string of the molecule is CN(C)c1nc(NN)nc(N2CCCCC2CCO)n1. The lowest BCUT2D eigenvalue weighted by Crippen LogP contribution is -2.41. The van der Waals surface area contributed by atoms with Crippen LogP contribution in [0.3, 0.4) is 0 Å². The average Bonchev–Trinajstić information content (AvgIpc) is 2.47. The molecule has 0 saturated carbocycles. The zero-order valence-electron chi connectivity index (χ0n) is 12.1. The van der Waals surface area contributed by atoms with Gasteiger partial charge in [0, 0.05) is 33.3 Å². The van der Waals surface area contributed by atoms with E-state index in [0.717, 1.165) is 25.8 Å². The molecule has 1 aromatic heterocycles. The molecule has 1 saturated heterocycles. The fourth-order valence-electron chi connectivity index (χ4n) is 2.46. The minimum atomic E-state index is 0.175. The van der Waals surface area contributed by atoms with Crippen LogP contribution in [0.5, 0.6) is 0 Å². The van der Waals surface area contributed by atoms with Crippen molar-refractivity contribution in [3.8, 4) is 0 Å². The number of piperidine rings is 1. The summed E-state index contributed by atoms with van der Waals surface area (Å²) in [5.74, 6) is 6.97. The molecule has 20 heavy (non-hydrogen) atoms. The van der Waals surface area contributed by atoms with E-state index in [1.807, 2.05) is 19.0 Å². The van der Waals surface area contributed by atoms with Gasteiger partial charge >= 0.3 is 0 Å². The second-order valence-corrected chi connectivity index (χ2v) is 5.15. The molecule has 0 radical (unpaired) electrons. The van der Waals surface area contributed by atoms with E-state index in [1.165, 1.54) is 6.42 Å². The van der Waals surface area contributed by atoms with Crippen molar-refractivity contribution in [1.29, 1.82) is 0 Å². The average molecular weight is 281 g/mol. The lowest BCUT2D eigenvalue weighted by molar-refractivity contribution is 0.261. The van der Waals surface area contributed by atoms with Gasteiger partial charge in [-0.3, -0.25) is 5.43 Å². The normalized spacial score (nSPS) is 19.0. The number of aromatic nitrogens is 3. The molecule has 2 heterocycles. The number of anilines is 3. The van der Waals surface area contributed by atoms with Gasteiger partial charge in [0.25, 0.3) is 0 Å². The summed E-state index contributed by atoms with van der Waals surface area (Å²) in [7, 11) is 3.75. The van der Waals surface area contributed by atoms with Gasteiger partial charge in [-0.15, -0.1) is 0 Å². The summed E-state index contributed by atoms with van der Waals surface area (Å²) in [5.41, 5.74) is 2.48. The number of nitrogens with two attached hydrogens (primary N) is 1. The van der Waals surface area contributed by atoms with Crippen LogP contribution in [-0.4, -0.2) is 53.3 Å². The Balaban J connectivity index is 2.31. The second-order valence-electron chi connectivity index (χ2n) is 5.15. The molecule has 1 unspecified atom stereocenters. The first-order valence-electron chi connectivity index (χ1n) is 6.93.